The summed E-state index contributed by atoms with van der Waals surface area (Å²) < 4.78 is 13.4. The van der Waals surface area contributed by atoms with Crippen LogP contribution in [0.3, 0.4) is 0 Å². The lowest BCUT2D eigenvalue weighted by Gasteiger charge is -2.17. The highest BCUT2D eigenvalue weighted by Gasteiger charge is 2.23. The molecule has 0 aliphatic rings. The molecule has 0 saturated carbocycles. The molecule has 0 radical (unpaired) electrons. The van der Waals surface area contributed by atoms with Gasteiger partial charge in [-0.05, 0) is 19.1 Å². The largest absolute Gasteiger partial charge is 0.516 e. The zero-order valence-electron chi connectivity index (χ0n) is 13.0. The van der Waals surface area contributed by atoms with Crippen LogP contribution in [0.15, 0.2) is 24.3 Å². The molecule has 0 aliphatic heterocycles. The maximum absolute atomic E-state index is 12.4. The van der Waals surface area contributed by atoms with E-state index in [1.807, 2.05) is 0 Å². The maximum atomic E-state index is 12.4. The van der Waals surface area contributed by atoms with Crippen LogP contribution >= 0.6 is 0 Å². The van der Waals surface area contributed by atoms with E-state index in [0.717, 1.165) is 12.0 Å². The molecule has 0 saturated heterocycles. The van der Waals surface area contributed by atoms with E-state index < -0.39 is 24.0 Å². The van der Waals surface area contributed by atoms with Gasteiger partial charge in [0.1, 0.15) is 6.54 Å². The predicted octanol–water partition coefficient (Wildman–Crippen LogP) is 1.24. The number of amides is 1. The highest BCUT2D eigenvalue weighted by Crippen LogP contribution is 2.13. The molecule has 8 heteroatoms. The molecule has 0 atom stereocenters. The summed E-state index contributed by atoms with van der Waals surface area (Å²) in [5, 5.41) is 0. The van der Waals surface area contributed by atoms with E-state index >= 15 is 0 Å². The topological polar surface area (TPSA) is 99.2 Å². The van der Waals surface area contributed by atoms with Crippen LogP contribution in [0.2, 0.25) is 0 Å². The van der Waals surface area contributed by atoms with Crippen molar-refractivity contribution in [2.24, 2.45) is 0 Å². The molecule has 0 spiro atoms. The summed E-state index contributed by atoms with van der Waals surface area (Å²) in [5.41, 5.74) is -0.119. The molecule has 1 amide bonds. The minimum absolute atomic E-state index is 0.00629. The molecule has 0 unspecified atom stereocenters. The standard InChI is InChI=1S/C15H17NO7/c1-4-22-12(17)9-16(2)13(18)10-7-5-6-8-11(10)14(19)23-15(20)21-3/h5-8H,4,9H2,1-3H3. The van der Waals surface area contributed by atoms with Gasteiger partial charge in [-0.1, -0.05) is 12.1 Å². The first kappa shape index (κ1) is 18.1. The van der Waals surface area contributed by atoms with Crippen molar-refractivity contribution in [2.45, 2.75) is 6.92 Å². The Morgan fingerprint density at radius 2 is 1.70 bits per heavy atom. The molecule has 1 rings (SSSR count). The van der Waals surface area contributed by atoms with Crippen molar-refractivity contribution in [3.8, 4) is 0 Å². The molecule has 0 heterocycles. The normalized spacial score (nSPS) is 9.70. The highest BCUT2D eigenvalue weighted by atomic mass is 16.7. The number of benzene rings is 1. The molecular formula is C15H17NO7. The fourth-order valence-electron chi connectivity index (χ4n) is 1.70. The van der Waals surface area contributed by atoms with Crippen LogP contribution in [0.25, 0.3) is 0 Å². The van der Waals surface area contributed by atoms with Gasteiger partial charge in [-0.25, -0.2) is 9.59 Å². The van der Waals surface area contributed by atoms with Crippen LogP contribution in [-0.4, -0.2) is 56.2 Å². The van der Waals surface area contributed by atoms with Gasteiger partial charge in [0.15, 0.2) is 0 Å². The molecule has 124 valence electrons. The van der Waals surface area contributed by atoms with Crippen molar-refractivity contribution >= 4 is 24.0 Å². The number of hydrogen-bond donors (Lipinski definition) is 0. The summed E-state index contributed by atoms with van der Waals surface area (Å²) in [6, 6.07) is 5.77. The van der Waals surface area contributed by atoms with E-state index in [9.17, 15) is 19.2 Å². The Morgan fingerprint density at radius 1 is 1.09 bits per heavy atom. The third kappa shape index (κ3) is 5.10. The van der Waals surface area contributed by atoms with Gasteiger partial charge in [0.05, 0.1) is 24.8 Å². The van der Waals surface area contributed by atoms with Gasteiger partial charge < -0.3 is 19.1 Å². The number of rotatable bonds is 5. The number of nitrogens with zero attached hydrogens (tertiary/aromatic N) is 1. The summed E-state index contributed by atoms with van der Waals surface area (Å²) in [6.07, 6.45) is -1.18. The number of carbonyl (C=O) groups is 4. The zero-order valence-corrected chi connectivity index (χ0v) is 13.0. The Labute approximate surface area is 132 Å². The fourth-order valence-corrected chi connectivity index (χ4v) is 1.70. The van der Waals surface area contributed by atoms with Crippen LogP contribution in [0.5, 0.6) is 0 Å². The van der Waals surface area contributed by atoms with Crippen molar-refractivity contribution in [1.29, 1.82) is 0 Å². The van der Waals surface area contributed by atoms with Crippen molar-refractivity contribution < 1.29 is 33.4 Å². The minimum Gasteiger partial charge on any atom is -0.465 e. The summed E-state index contributed by atoms with van der Waals surface area (Å²) in [4.78, 5) is 47.8. The van der Waals surface area contributed by atoms with Crippen molar-refractivity contribution in [1.82, 2.24) is 4.90 Å². The number of ether oxygens (including phenoxy) is 3. The molecule has 0 bridgehead atoms. The van der Waals surface area contributed by atoms with Crippen LogP contribution in [0, 0.1) is 0 Å². The molecule has 1 aromatic carbocycles. The Bertz CT molecular complexity index is 612. The van der Waals surface area contributed by atoms with Crippen LogP contribution < -0.4 is 0 Å². The number of esters is 2. The van der Waals surface area contributed by atoms with E-state index in [1.54, 1.807) is 13.0 Å². The molecular weight excluding hydrogens is 306 g/mol. The first-order chi connectivity index (χ1) is 10.9. The van der Waals surface area contributed by atoms with Gasteiger partial charge in [0.2, 0.25) is 0 Å². The SMILES string of the molecule is CCOC(=O)CN(C)C(=O)c1ccccc1C(=O)OC(=O)OC. The second-order valence-electron chi connectivity index (χ2n) is 4.36. The summed E-state index contributed by atoms with van der Waals surface area (Å²) in [7, 11) is 2.45. The molecule has 0 fully saturated rings. The number of methoxy groups -OCH3 is 1. The van der Waals surface area contributed by atoms with Crippen molar-refractivity contribution in [3.63, 3.8) is 0 Å². The molecule has 23 heavy (non-hydrogen) atoms. The summed E-state index contributed by atoms with van der Waals surface area (Å²) >= 11 is 0. The lowest BCUT2D eigenvalue weighted by atomic mass is 10.1. The van der Waals surface area contributed by atoms with Gasteiger partial charge in [-0.2, -0.15) is 0 Å². The van der Waals surface area contributed by atoms with Gasteiger partial charge in [0, 0.05) is 7.05 Å². The molecule has 8 nitrogen and oxygen atoms in total. The first-order valence-corrected chi connectivity index (χ1v) is 6.70. The second-order valence-corrected chi connectivity index (χ2v) is 4.36. The van der Waals surface area contributed by atoms with Gasteiger partial charge in [-0.3, -0.25) is 9.59 Å². The van der Waals surface area contributed by atoms with Crippen molar-refractivity contribution in [2.75, 3.05) is 27.3 Å². The lowest BCUT2D eigenvalue weighted by molar-refractivity contribution is -0.143. The number of hydrogen-bond acceptors (Lipinski definition) is 7. The van der Waals surface area contributed by atoms with Gasteiger partial charge in [-0.15, -0.1) is 0 Å². The maximum Gasteiger partial charge on any atom is 0.516 e. The Morgan fingerprint density at radius 3 is 2.26 bits per heavy atom. The smallest absolute Gasteiger partial charge is 0.465 e. The first-order valence-electron chi connectivity index (χ1n) is 6.70. The Balaban J connectivity index is 2.95. The third-order valence-corrected chi connectivity index (χ3v) is 2.74. The number of likely N-dealkylation sites (N-methyl/N-ethyl adjacent to an activating group) is 1. The fraction of sp³-hybridized carbons (Fsp3) is 0.333. The Hall–Kier alpha value is -2.90. The Kier molecular flexibility index (Phi) is 6.72. The van der Waals surface area contributed by atoms with E-state index in [0.29, 0.717) is 0 Å². The van der Waals surface area contributed by atoms with E-state index in [-0.39, 0.29) is 24.3 Å². The molecule has 1 aromatic rings. The third-order valence-electron chi connectivity index (χ3n) is 2.74. The summed E-state index contributed by atoms with van der Waals surface area (Å²) in [6.45, 7) is 1.58. The average Bonchev–Trinajstić information content (AvgIpc) is 2.54. The van der Waals surface area contributed by atoms with E-state index in [4.69, 9.17) is 4.74 Å². The van der Waals surface area contributed by atoms with Crippen LogP contribution in [-0.2, 0) is 19.0 Å². The molecule has 0 N–H and O–H groups in total. The van der Waals surface area contributed by atoms with E-state index in [2.05, 4.69) is 9.47 Å². The molecule has 0 aliphatic carbocycles. The van der Waals surface area contributed by atoms with Crippen LogP contribution in [0.4, 0.5) is 4.79 Å². The van der Waals surface area contributed by atoms with Crippen LogP contribution in [0.1, 0.15) is 27.6 Å². The average molecular weight is 323 g/mol. The van der Waals surface area contributed by atoms with Gasteiger partial charge >= 0.3 is 18.1 Å². The molecule has 0 aromatic heterocycles. The van der Waals surface area contributed by atoms with Gasteiger partial charge in [0.25, 0.3) is 5.91 Å². The lowest BCUT2D eigenvalue weighted by Crippen LogP contribution is -2.34. The second kappa shape index (κ2) is 8.52. The predicted molar refractivity (Wildman–Crippen MR) is 77.9 cm³/mol. The van der Waals surface area contributed by atoms with Crippen molar-refractivity contribution in [3.05, 3.63) is 35.4 Å². The number of carbonyl (C=O) groups excluding carboxylic acids is 4. The zero-order chi connectivity index (χ0) is 17.4. The summed E-state index contributed by atoms with van der Waals surface area (Å²) in [5.74, 6) is -2.18. The monoisotopic (exact) mass is 323 g/mol. The quantitative estimate of drug-likeness (QED) is 0.594. The minimum atomic E-state index is -1.18. The highest BCUT2D eigenvalue weighted by molar-refractivity contribution is 6.07. The van der Waals surface area contributed by atoms with E-state index in [1.165, 1.54) is 25.2 Å².